The minimum atomic E-state index is -0.540. The van der Waals surface area contributed by atoms with Crippen molar-refractivity contribution in [2.75, 3.05) is 13.3 Å². The molecule has 1 aliphatic carbocycles. The summed E-state index contributed by atoms with van der Waals surface area (Å²) in [7, 11) is 0. The van der Waals surface area contributed by atoms with Crippen LogP contribution >= 0.6 is 15.9 Å². The first-order valence-corrected chi connectivity index (χ1v) is 6.93. The van der Waals surface area contributed by atoms with E-state index in [2.05, 4.69) is 15.9 Å². The van der Waals surface area contributed by atoms with Gasteiger partial charge < -0.3 is 20.3 Å². The number of halogens is 1. The molecule has 1 aromatic rings. The van der Waals surface area contributed by atoms with Crippen LogP contribution in [0.4, 0.5) is 0 Å². The summed E-state index contributed by atoms with van der Waals surface area (Å²) in [5.74, 6) is 1.39. The summed E-state index contributed by atoms with van der Waals surface area (Å²) < 4.78 is 11.5. The van der Waals surface area contributed by atoms with Crippen molar-refractivity contribution in [2.24, 2.45) is 11.1 Å². The quantitative estimate of drug-likeness (QED) is 0.899. The lowest BCUT2D eigenvalue weighted by molar-refractivity contribution is -0.0298. The highest BCUT2D eigenvalue weighted by Gasteiger charge is 2.43. The van der Waals surface area contributed by atoms with Gasteiger partial charge in [0.15, 0.2) is 11.5 Å². The first kappa shape index (κ1) is 12.3. The molecule has 1 heterocycles. The Morgan fingerprint density at radius 2 is 2.17 bits per heavy atom. The fraction of sp³-hybridized carbons (Fsp3) is 0.538. The molecule has 2 aliphatic rings. The zero-order valence-corrected chi connectivity index (χ0v) is 11.6. The summed E-state index contributed by atoms with van der Waals surface area (Å²) >= 11 is 3.45. The van der Waals surface area contributed by atoms with Crippen LogP contribution in [0, 0.1) is 5.41 Å². The van der Waals surface area contributed by atoms with Crippen LogP contribution in [-0.4, -0.2) is 18.4 Å². The number of aliphatic hydroxyl groups is 1. The second-order valence-corrected chi connectivity index (χ2v) is 5.91. The molecule has 0 aromatic heterocycles. The first-order chi connectivity index (χ1) is 8.66. The van der Waals surface area contributed by atoms with Crippen LogP contribution in [0.5, 0.6) is 11.5 Å². The molecule has 98 valence electrons. The molecule has 1 saturated carbocycles. The van der Waals surface area contributed by atoms with E-state index in [4.69, 9.17) is 15.2 Å². The summed E-state index contributed by atoms with van der Waals surface area (Å²) in [4.78, 5) is 0. The molecule has 0 bridgehead atoms. The molecule has 4 nitrogen and oxygen atoms in total. The zero-order valence-electron chi connectivity index (χ0n) is 9.99. The Bertz CT molecular complexity index is 468. The van der Waals surface area contributed by atoms with Crippen molar-refractivity contribution in [3.63, 3.8) is 0 Å². The minimum absolute atomic E-state index is 0.160. The van der Waals surface area contributed by atoms with Crippen molar-refractivity contribution >= 4 is 15.9 Å². The Labute approximate surface area is 114 Å². The lowest BCUT2D eigenvalue weighted by Crippen LogP contribution is -2.42. The van der Waals surface area contributed by atoms with Crippen molar-refractivity contribution < 1.29 is 14.6 Å². The summed E-state index contributed by atoms with van der Waals surface area (Å²) in [6.07, 6.45) is 2.56. The average Bonchev–Trinajstić information content (AvgIpc) is 2.76. The van der Waals surface area contributed by atoms with Crippen molar-refractivity contribution in [1.82, 2.24) is 0 Å². The lowest BCUT2D eigenvalue weighted by atomic mass is 9.63. The number of aliphatic hydroxyl groups excluding tert-OH is 1. The molecule has 1 atom stereocenters. The SMILES string of the molecule is NCC1(C(O)c2cc(Br)c3c(c2)OCO3)CCC1. The molecule has 1 aromatic carbocycles. The summed E-state index contributed by atoms with van der Waals surface area (Å²) in [5, 5.41) is 10.5. The maximum Gasteiger partial charge on any atom is 0.231 e. The average molecular weight is 314 g/mol. The number of fused-ring (bicyclic) bond motifs is 1. The molecule has 0 radical (unpaired) electrons. The van der Waals surface area contributed by atoms with E-state index < -0.39 is 6.10 Å². The van der Waals surface area contributed by atoms with Gasteiger partial charge in [-0.2, -0.15) is 0 Å². The number of hydrogen-bond donors (Lipinski definition) is 2. The van der Waals surface area contributed by atoms with Crippen molar-refractivity contribution in [1.29, 1.82) is 0 Å². The molecule has 1 fully saturated rings. The smallest absolute Gasteiger partial charge is 0.231 e. The predicted octanol–water partition coefficient (Wildman–Crippen LogP) is 2.34. The molecule has 0 spiro atoms. The van der Waals surface area contributed by atoms with E-state index >= 15 is 0 Å². The maximum atomic E-state index is 10.5. The minimum Gasteiger partial charge on any atom is -0.454 e. The van der Waals surface area contributed by atoms with E-state index in [-0.39, 0.29) is 12.2 Å². The summed E-state index contributed by atoms with van der Waals surface area (Å²) in [6.45, 7) is 0.746. The van der Waals surface area contributed by atoms with Crippen LogP contribution in [-0.2, 0) is 0 Å². The van der Waals surface area contributed by atoms with Gasteiger partial charge in [0.2, 0.25) is 6.79 Å². The largest absolute Gasteiger partial charge is 0.454 e. The van der Waals surface area contributed by atoms with E-state index in [0.29, 0.717) is 18.0 Å². The Morgan fingerprint density at radius 3 is 2.78 bits per heavy atom. The van der Waals surface area contributed by atoms with Gasteiger partial charge in [0.1, 0.15) is 0 Å². The molecule has 3 rings (SSSR count). The standard InChI is InChI=1S/C13H16BrNO3/c14-9-4-8(5-10-11(9)18-7-17-10)12(16)13(6-15)2-1-3-13/h4-5,12,16H,1-3,6-7,15H2. The van der Waals surface area contributed by atoms with E-state index in [0.717, 1.165) is 29.3 Å². The first-order valence-electron chi connectivity index (χ1n) is 6.13. The summed E-state index contributed by atoms with van der Waals surface area (Å²) in [5.41, 5.74) is 6.51. The van der Waals surface area contributed by atoms with E-state index in [9.17, 15) is 5.11 Å². The van der Waals surface area contributed by atoms with Gasteiger partial charge in [0, 0.05) is 12.0 Å². The number of benzene rings is 1. The topological polar surface area (TPSA) is 64.7 Å². The molecule has 1 unspecified atom stereocenters. The third kappa shape index (κ3) is 1.73. The van der Waals surface area contributed by atoms with Gasteiger partial charge in [-0.05, 0) is 46.5 Å². The van der Waals surface area contributed by atoms with Crippen LogP contribution in [0.3, 0.4) is 0 Å². The number of rotatable bonds is 3. The van der Waals surface area contributed by atoms with Gasteiger partial charge in [0.05, 0.1) is 10.6 Å². The van der Waals surface area contributed by atoms with Crippen LogP contribution in [0.1, 0.15) is 30.9 Å². The van der Waals surface area contributed by atoms with E-state index in [1.807, 2.05) is 12.1 Å². The third-order valence-corrected chi connectivity index (χ3v) is 4.69. The number of hydrogen-bond acceptors (Lipinski definition) is 4. The highest BCUT2D eigenvalue weighted by molar-refractivity contribution is 9.10. The number of ether oxygens (including phenoxy) is 2. The van der Waals surface area contributed by atoms with Gasteiger partial charge in [-0.15, -0.1) is 0 Å². The molecule has 0 amide bonds. The monoisotopic (exact) mass is 313 g/mol. The van der Waals surface area contributed by atoms with Gasteiger partial charge >= 0.3 is 0 Å². The third-order valence-electron chi connectivity index (χ3n) is 4.10. The maximum absolute atomic E-state index is 10.5. The second kappa shape index (κ2) is 4.40. The molecular formula is C13H16BrNO3. The van der Waals surface area contributed by atoms with Crippen molar-refractivity contribution in [2.45, 2.75) is 25.4 Å². The van der Waals surface area contributed by atoms with Gasteiger partial charge in [-0.1, -0.05) is 6.42 Å². The van der Waals surface area contributed by atoms with Crippen LogP contribution in [0.2, 0.25) is 0 Å². The normalized spacial score (nSPS) is 21.5. The fourth-order valence-corrected chi connectivity index (χ4v) is 3.29. The van der Waals surface area contributed by atoms with Gasteiger partial charge in [0.25, 0.3) is 0 Å². The highest BCUT2D eigenvalue weighted by Crippen LogP contribution is 2.51. The summed E-state index contributed by atoms with van der Waals surface area (Å²) in [6, 6.07) is 3.75. The molecule has 1 aliphatic heterocycles. The lowest BCUT2D eigenvalue weighted by Gasteiger charge is -2.44. The Hall–Kier alpha value is -0.780. The van der Waals surface area contributed by atoms with E-state index in [1.165, 1.54) is 0 Å². The molecular weight excluding hydrogens is 298 g/mol. The fourth-order valence-electron chi connectivity index (χ4n) is 2.72. The van der Waals surface area contributed by atoms with Crippen LogP contribution in [0.25, 0.3) is 0 Å². The van der Waals surface area contributed by atoms with Crippen molar-refractivity contribution in [3.05, 3.63) is 22.2 Å². The van der Waals surface area contributed by atoms with E-state index in [1.54, 1.807) is 0 Å². The molecule has 3 N–H and O–H groups in total. The van der Waals surface area contributed by atoms with Gasteiger partial charge in [-0.25, -0.2) is 0 Å². The molecule has 18 heavy (non-hydrogen) atoms. The molecule has 5 heteroatoms. The van der Waals surface area contributed by atoms with Crippen LogP contribution in [0.15, 0.2) is 16.6 Å². The Kier molecular flexibility index (Phi) is 3.00. The highest BCUT2D eigenvalue weighted by atomic mass is 79.9. The molecule has 0 saturated heterocycles. The second-order valence-electron chi connectivity index (χ2n) is 5.06. The predicted molar refractivity (Wildman–Crippen MR) is 70.6 cm³/mol. The van der Waals surface area contributed by atoms with Gasteiger partial charge in [-0.3, -0.25) is 0 Å². The zero-order chi connectivity index (χ0) is 12.8. The number of nitrogens with two attached hydrogens (primary N) is 1. The van der Waals surface area contributed by atoms with Crippen LogP contribution < -0.4 is 15.2 Å². The Balaban J connectivity index is 1.95. The van der Waals surface area contributed by atoms with Crippen molar-refractivity contribution in [3.8, 4) is 11.5 Å². The Morgan fingerprint density at radius 1 is 1.39 bits per heavy atom.